The van der Waals surface area contributed by atoms with E-state index >= 15 is 0 Å². The van der Waals surface area contributed by atoms with Crippen LogP contribution in [0.2, 0.25) is 0 Å². The minimum atomic E-state index is -0.835. The summed E-state index contributed by atoms with van der Waals surface area (Å²) in [6.45, 7) is 6.69. The van der Waals surface area contributed by atoms with E-state index in [0.717, 1.165) is 5.56 Å². The highest BCUT2D eigenvalue weighted by molar-refractivity contribution is 5.73. The fourth-order valence-corrected chi connectivity index (χ4v) is 1.94. The number of benzene rings is 1. The van der Waals surface area contributed by atoms with Crippen LogP contribution in [0, 0.1) is 5.92 Å². The van der Waals surface area contributed by atoms with E-state index in [9.17, 15) is 4.79 Å². The molecule has 0 fully saturated rings. The second kappa shape index (κ2) is 7.75. The minimum Gasteiger partial charge on any atom is -0.493 e. The topological polar surface area (TPSA) is 67.8 Å². The van der Waals surface area contributed by atoms with E-state index in [0.29, 0.717) is 24.7 Å². The second-order valence-electron chi connectivity index (χ2n) is 4.86. The maximum absolute atomic E-state index is 11.1. The van der Waals surface area contributed by atoms with Crippen molar-refractivity contribution in [3.63, 3.8) is 0 Å². The molecule has 0 saturated heterocycles. The highest BCUT2D eigenvalue weighted by atomic mass is 16.5. The van der Waals surface area contributed by atoms with Crippen molar-refractivity contribution in [3.05, 3.63) is 23.8 Å². The predicted octanol–water partition coefficient (Wildman–Crippen LogP) is 2.29. The number of carboxylic acid groups (broad SMARTS) is 1. The Labute approximate surface area is 119 Å². The van der Waals surface area contributed by atoms with E-state index in [1.54, 1.807) is 7.11 Å². The first-order valence-electron chi connectivity index (χ1n) is 6.75. The molecule has 0 aliphatic rings. The van der Waals surface area contributed by atoms with Gasteiger partial charge in [0.1, 0.15) is 6.04 Å². The lowest BCUT2D eigenvalue weighted by Gasteiger charge is -2.18. The third-order valence-corrected chi connectivity index (χ3v) is 2.99. The average molecular weight is 281 g/mol. The molecule has 1 rings (SSSR count). The Morgan fingerprint density at radius 1 is 1.35 bits per heavy atom. The van der Waals surface area contributed by atoms with Crippen molar-refractivity contribution in [2.24, 2.45) is 5.92 Å². The van der Waals surface area contributed by atoms with Crippen LogP contribution in [0.25, 0.3) is 0 Å². The number of methoxy groups -OCH3 is 1. The molecular formula is C15H23NO4. The smallest absolute Gasteiger partial charge is 0.320 e. The molecule has 1 aromatic carbocycles. The SMILES string of the molecule is CCOc1cc(CNC(C(=O)O)C(C)C)ccc1OC. The molecule has 2 N–H and O–H groups in total. The lowest BCUT2D eigenvalue weighted by Crippen LogP contribution is -2.40. The van der Waals surface area contributed by atoms with E-state index in [2.05, 4.69) is 5.32 Å². The van der Waals surface area contributed by atoms with Gasteiger partial charge in [0.25, 0.3) is 0 Å². The zero-order valence-corrected chi connectivity index (χ0v) is 12.5. The Bertz CT molecular complexity index is 445. The van der Waals surface area contributed by atoms with Crippen molar-refractivity contribution in [2.75, 3.05) is 13.7 Å². The summed E-state index contributed by atoms with van der Waals surface area (Å²) in [7, 11) is 1.59. The number of carboxylic acids is 1. The Kier molecular flexibility index (Phi) is 6.31. The minimum absolute atomic E-state index is 0.0251. The summed E-state index contributed by atoms with van der Waals surface area (Å²) < 4.78 is 10.7. The number of carbonyl (C=O) groups is 1. The molecule has 0 heterocycles. The monoisotopic (exact) mass is 281 g/mol. The van der Waals surface area contributed by atoms with Gasteiger partial charge in [-0.2, -0.15) is 0 Å². The van der Waals surface area contributed by atoms with Gasteiger partial charge in [0.15, 0.2) is 11.5 Å². The molecule has 1 aromatic rings. The summed E-state index contributed by atoms with van der Waals surface area (Å²) in [6, 6.07) is 5.03. The van der Waals surface area contributed by atoms with Crippen LogP contribution in [-0.4, -0.2) is 30.8 Å². The van der Waals surface area contributed by atoms with Gasteiger partial charge in [-0.05, 0) is 30.5 Å². The molecule has 1 atom stereocenters. The zero-order chi connectivity index (χ0) is 15.1. The van der Waals surface area contributed by atoms with Crippen molar-refractivity contribution in [1.29, 1.82) is 0 Å². The molecular weight excluding hydrogens is 258 g/mol. The molecule has 0 aliphatic carbocycles. The largest absolute Gasteiger partial charge is 0.493 e. The standard InChI is InChI=1S/C15H23NO4/c1-5-20-13-8-11(6-7-12(13)19-4)9-16-14(10(2)3)15(17)18/h6-8,10,14,16H,5,9H2,1-4H3,(H,17,18). The van der Waals surface area contributed by atoms with Crippen LogP contribution < -0.4 is 14.8 Å². The summed E-state index contributed by atoms with van der Waals surface area (Å²) in [5.74, 6) is 0.538. The molecule has 20 heavy (non-hydrogen) atoms. The Hall–Kier alpha value is -1.75. The highest BCUT2D eigenvalue weighted by Crippen LogP contribution is 2.28. The molecule has 0 bridgehead atoms. The Morgan fingerprint density at radius 2 is 2.05 bits per heavy atom. The number of aliphatic carboxylic acids is 1. The van der Waals surface area contributed by atoms with Crippen LogP contribution >= 0.6 is 0 Å². The third kappa shape index (κ3) is 4.42. The van der Waals surface area contributed by atoms with E-state index in [4.69, 9.17) is 14.6 Å². The van der Waals surface area contributed by atoms with Gasteiger partial charge in [-0.25, -0.2) is 0 Å². The molecule has 0 radical (unpaired) electrons. The number of nitrogens with one attached hydrogen (secondary N) is 1. The fourth-order valence-electron chi connectivity index (χ4n) is 1.94. The number of ether oxygens (including phenoxy) is 2. The van der Waals surface area contributed by atoms with Gasteiger partial charge in [-0.15, -0.1) is 0 Å². The molecule has 0 aromatic heterocycles. The number of hydrogen-bond donors (Lipinski definition) is 2. The molecule has 5 nitrogen and oxygen atoms in total. The van der Waals surface area contributed by atoms with Crippen LogP contribution in [0.1, 0.15) is 26.3 Å². The van der Waals surface area contributed by atoms with Crippen LogP contribution in [0.15, 0.2) is 18.2 Å². The zero-order valence-electron chi connectivity index (χ0n) is 12.5. The van der Waals surface area contributed by atoms with E-state index < -0.39 is 12.0 Å². The van der Waals surface area contributed by atoms with Gasteiger partial charge in [0.2, 0.25) is 0 Å². The highest BCUT2D eigenvalue weighted by Gasteiger charge is 2.20. The van der Waals surface area contributed by atoms with E-state index in [1.165, 1.54) is 0 Å². The second-order valence-corrected chi connectivity index (χ2v) is 4.86. The maximum atomic E-state index is 11.1. The van der Waals surface area contributed by atoms with Gasteiger partial charge >= 0.3 is 5.97 Å². The van der Waals surface area contributed by atoms with Crippen molar-refractivity contribution < 1.29 is 19.4 Å². The summed E-state index contributed by atoms with van der Waals surface area (Å²) in [5, 5.41) is 12.2. The first-order valence-corrected chi connectivity index (χ1v) is 6.75. The molecule has 112 valence electrons. The maximum Gasteiger partial charge on any atom is 0.320 e. The van der Waals surface area contributed by atoms with Gasteiger partial charge in [-0.1, -0.05) is 19.9 Å². The molecule has 0 aliphatic heterocycles. The van der Waals surface area contributed by atoms with Gasteiger partial charge in [0.05, 0.1) is 13.7 Å². The first kappa shape index (κ1) is 16.3. The van der Waals surface area contributed by atoms with Crippen LogP contribution in [0.4, 0.5) is 0 Å². The number of hydrogen-bond acceptors (Lipinski definition) is 4. The van der Waals surface area contributed by atoms with Crippen molar-refractivity contribution in [3.8, 4) is 11.5 Å². The fraction of sp³-hybridized carbons (Fsp3) is 0.533. The van der Waals surface area contributed by atoms with Crippen LogP contribution in [0.5, 0.6) is 11.5 Å². The molecule has 5 heteroatoms. The number of rotatable bonds is 8. The normalized spacial score (nSPS) is 12.2. The van der Waals surface area contributed by atoms with Crippen molar-refractivity contribution >= 4 is 5.97 Å². The van der Waals surface area contributed by atoms with Gasteiger partial charge < -0.3 is 19.9 Å². The van der Waals surface area contributed by atoms with Gasteiger partial charge in [0, 0.05) is 6.54 Å². The van der Waals surface area contributed by atoms with Crippen LogP contribution in [-0.2, 0) is 11.3 Å². The molecule has 0 saturated carbocycles. The predicted molar refractivity (Wildman–Crippen MR) is 77.3 cm³/mol. The van der Waals surface area contributed by atoms with Crippen molar-refractivity contribution in [1.82, 2.24) is 5.32 Å². The molecule has 0 spiro atoms. The van der Waals surface area contributed by atoms with Crippen molar-refractivity contribution in [2.45, 2.75) is 33.4 Å². The lowest BCUT2D eigenvalue weighted by atomic mass is 10.0. The van der Waals surface area contributed by atoms with Gasteiger partial charge in [-0.3, -0.25) is 4.79 Å². The third-order valence-electron chi connectivity index (χ3n) is 2.99. The Balaban J connectivity index is 2.77. The summed E-state index contributed by atoms with van der Waals surface area (Å²) >= 11 is 0. The lowest BCUT2D eigenvalue weighted by molar-refractivity contribution is -0.140. The molecule has 1 unspecified atom stereocenters. The van der Waals surface area contributed by atoms with E-state index in [-0.39, 0.29) is 5.92 Å². The quantitative estimate of drug-likeness (QED) is 0.765. The molecule has 0 amide bonds. The Morgan fingerprint density at radius 3 is 2.55 bits per heavy atom. The summed E-state index contributed by atoms with van der Waals surface area (Å²) in [4.78, 5) is 11.1. The average Bonchev–Trinajstić information content (AvgIpc) is 2.39. The van der Waals surface area contributed by atoms with Crippen LogP contribution in [0.3, 0.4) is 0 Å². The summed E-state index contributed by atoms with van der Waals surface area (Å²) in [6.07, 6.45) is 0. The first-order chi connectivity index (χ1) is 9.49. The summed E-state index contributed by atoms with van der Waals surface area (Å²) in [5.41, 5.74) is 0.959. The van der Waals surface area contributed by atoms with E-state index in [1.807, 2.05) is 39.0 Å².